The average molecular weight is 484 g/mol. The molecule has 2 aromatic heterocycles. The normalized spacial score (nSPS) is 10.9. The van der Waals surface area contributed by atoms with Gasteiger partial charge in [-0.1, -0.05) is 30.3 Å². The molecular formula is C27H22FN5O3. The number of rotatable bonds is 7. The molecule has 3 aromatic carbocycles. The Hall–Kier alpha value is -4.79. The van der Waals surface area contributed by atoms with Crippen molar-refractivity contribution in [1.82, 2.24) is 19.7 Å². The van der Waals surface area contributed by atoms with Gasteiger partial charge in [0.05, 0.1) is 36.2 Å². The molecule has 0 radical (unpaired) electrons. The third-order valence-electron chi connectivity index (χ3n) is 5.96. The second-order valence-electron chi connectivity index (χ2n) is 8.14. The number of amides is 1. The monoisotopic (exact) mass is 483 g/mol. The van der Waals surface area contributed by atoms with E-state index in [1.54, 1.807) is 31.5 Å². The van der Waals surface area contributed by atoms with Crippen molar-refractivity contribution in [3.05, 3.63) is 107 Å². The molecule has 0 aliphatic carbocycles. The van der Waals surface area contributed by atoms with E-state index >= 15 is 0 Å². The van der Waals surface area contributed by atoms with Gasteiger partial charge in [-0.2, -0.15) is 5.10 Å². The van der Waals surface area contributed by atoms with E-state index in [2.05, 4.69) is 20.5 Å². The molecule has 5 aromatic rings. The number of anilines is 1. The third-order valence-corrected chi connectivity index (χ3v) is 5.96. The zero-order valence-electron chi connectivity index (χ0n) is 19.4. The van der Waals surface area contributed by atoms with Crippen LogP contribution in [0.4, 0.5) is 10.1 Å². The van der Waals surface area contributed by atoms with Crippen molar-refractivity contribution in [3.63, 3.8) is 0 Å². The highest BCUT2D eigenvalue weighted by Crippen LogP contribution is 2.24. The van der Waals surface area contributed by atoms with Crippen LogP contribution in [0, 0.1) is 5.82 Å². The number of carbonyl (C=O) groups is 1. The van der Waals surface area contributed by atoms with Crippen molar-refractivity contribution in [1.29, 1.82) is 0 Å². The number of hydrogen-bond acceptors (Lipinski definition) is 5. The van der Waals surface area contributed by atoms with Crippen molar-refractivity contribution < 1.29 is 13.9 Å². The molecular weight excluding hydrogens is 461 g/mol. The van der Waals surface area contributed by atoms with Gasteiger partial charge in [0, 0.05) is 29.4 Å². The molecule has 36 heavy (non-hydrogen) atoms. The van der Waals surface area contributed by atoms with Crippen LogP contribution in [0.15, 0.2) is 84.2 Å². The first-order valence-corrected chi connectivity index (χ1v) is 11.3. The predicted octanol–water partition coefficient (Wildman–Crippen LogP) is 4.43. The molecule has 180 valence electrons. The van der Waals surface area contributed by atoms with E-state index in [1.807, 2.05) is 24.3 Å². The van der Waals surface area contributed by atoms with E-state index in [9.17, 15) is 14.0 Å². The minimum atomic E-state index is -0.553. The minimum Gasteiger partial charge on any atom is -0.496 e. The van der Waals surface area contributed by atoms with Gasteiger partial charge in [-0.3, -0.25) is 19.3 Å². The van der Waals surface area contributed by atoms with Gasteiger partial charge in [-0.25, -0.2) is 9.37 Å². The summed E-state index contributed by atoms with van der Waals surface area (Å²) < 4.78 is 21.6. The number of nitrogens with zero attached hydrogens (tertiary/aromatic N) is 3. The Morgan fingerprint density at radius 1 is 1.14 bits per heavy atom. The van der Waals surface area contributed by atoms with Crippen LogP contribution in [0.5, 0.6) is 5.75 Å². The largest absolute Gasteiger partial charge is 0.496 e. The highest BCUT2D eigenvalue weighted by molar-refractivity contribution is 6.08. The Bertz CT molecular complexity index is 1610. The fourth-order valence-electron chi connectivity index (χ4n) is 4.10. The first-order valence-electron chi connectivity index (χ1n) is 11.3. The molecule has 0 saturated carbocycles. The first kappa shape index (κ1) is 23.0. The number of methoxy groups -OCH3 is 1. The van der Waals surface area contributed by atoms with Gasteiger partial charge in [0.25, 0.3) is 11.5 Å². The van der Waals surface area contributed by atoms with Gasteiger partial charge >= 0.3 is 0 Å². The number of halogens is 1. The van der Waals surface area contributed by atoms with Gasteiger partial charge in [0.1, 0.15) is 11.6 Å². The second-order valence-corrected chi connectivity index (χ2v) is 8.14. The van der Waals surface area contributed by atoms with Crippen LogP contribution in [-0.4, -0.2) is 32.8 Å². The molecule has 9 heteroatoms. The molecule has 2 heterocycles. The standard InChI is InChI=1S/C27H22FN5O3/c1-36-24-8-3-2-5-17(24)11-12-33-16-29-22-6-4-7-23(25(22)27(33)35)32-26(34)18-9-10-20(21(28)13-18)19-14-30-31-15-19/h2-10,13-16H,11-12H2,1H3,(H,30,31)(H,32,34). The average Bonchev–Trinajstić information content (AvgIpc) is 3.43. The Kier molecular flexibility index (Phi) is 6.27. The van der Waals surface area contributed by atoms with E-state index in [0.29, 0.717) is 35.3 Å². The lowest BCUT2D eigenvalue weighted by Crippen LogP contribution is -2.23. The summed E-state index contributed by atoms with van der Waals surface area (Å²) in [4.78, 5) is 30.7. The number of aromatic nitrogens is 4. The highest BCUT2D eigenvalue weighted by atomic mass is 19.1. The number of benzene rings is 3. The molecule has 8 nitrogen and oxygen atoms in total. The summed E-state index contributed by atoms with van der Waals surface area (Å²) in [6, 6.07) is 16.9. The lowest BCUT2D eigenvalue weighted by Gasteiger charge is -2.12. The molecule has 5 rings (SSSR count). The van der Waals surface area contributed by atoms with E-state index in [0.717, 1.165) is 17.4 Å². The van der Waals surface area contributed by atoms with E-state index in [-0.39, 0.29) is 16.5 Å². The van der Waals surface area contributed by atoms with Crippen molar-refractivity contribution in [3.8, 4) is 16.9 Å². The van der Waals surface area contributed by atoms with Gasteiger partial charge < -0.3 is 10.1 Å². The van der Waals surface area contributed by atoms with Crippen LogP contribution >= 0.6 is 0 Å². The van der Waals surface area contributed by atoms with E-state index in [1.165, 1.54) is 29.2 Å². The lowest BCUT2D eigenvalue weighted by molar-refractivity contribution is 0.102. The summed E-state index contributed by atoms with van der Waals surface area (Å²) in [5, 5.41) is 9.48. The summed E-state index contributed by atoms with van der Waals surface area (Å²) in [6.45, 7) is 0.380. The van der Waals surface area contributed by atoms with Gasteiger partial charge in [0.15, 0.2) is 0 Å². The van der Waals surface area contributed by atoms with E-state index in [4.69, 9.17) is 4.74 Å². The van der Waals surface area contributed by atoms with Crippen molar-refractivity contribution in [2.45, 2.75) is 13.0 Å². The maximum absolute atomic E-state index is 14.7. The van der Waals surface area contributed by atoms with E-state index < -0.39 is 11.7 Å². The maximum atomic E-state index is 14.7. The molecule has 0 atom stereocenters. The first-order chi connectivity index (χ1) is 17.5. The molecule has 0 fully saturated rings. The fourth-order valence-corrected chi connectivity index (χ4v) is 4.10. The van der Waals surface area contributed by atoms with Crippen molar-refractivity contribution in [2.75, 3.05) is 12.4 Å². The van der Waals surface area contributed by atoms with Crippen molar-refractivity contribution in [2.24, 2.45) is 0 Å². The number of para-hydroxylation sites is 1. The summed E-state index contributed by atoms with van der Waals surface area (Å²) in [7, 11) is 1.61. The number of fused-ring (bicyclic) bond motifs is 1. The number of aryl methyl sites for hydroxylation is 2. The zero-order valence-corrected chi connectivity index (χ0v) is 19.4. The molecule has 0 bridgehead atoms. The predicted molar refractivity (Wildman–Crippen MR) is 135 cm³/mol. The fraction of sp³-hybridized carbons (Fsp3) is 0.111. The number of ether oxygens (including phenoxy) is 1. The van der Waals surface area contributed by atoms with Crippen LogP contribution in [0.25, 0.3) is 22.0 Å². The van der Waals surface area contributed by atoms with Crippen molar-refractivity contribution >= 4 is 22.5 Å². The number of hydrogen-bond donors (Lipinski definition) is 2. The highest BCUT2D eigenvalue weighted by Gasteiger charge is 2.15. The smallest absolute Gasteiger partial charge is 0.263 e. The Labute approximate surface area is 205 Å². The van der Waals surface area contributed by atoms with Crippen LogP contribution in [0.3, 0.4) is 0 Å². The molecule has 1 amide bonds. The molecule has 2 N–H and O–H groups in total. The van der Waals surface area contributed by atoms with Gasteiger partial charge in [0.2, 0.25) is 0 Å². The SMILES string of the molecule is COc1ccccc1CCn1cnc2cccc(NC(=O)c3ccc(-c4cn[nH]c4)c(F)c3)c2c1=O. The van der Waals surface area contributed by atoms with Gasteiger partial charge in [-0.15, -0.1) is 0 Å². The van der Waals surface area contributed by atoms with Crippen LogP contribution < -0.4 is 15.6 Å². The summed E-state index contributed by atoms with van der Waals surface area (Å²) >= 11 is 0. The summed E-state index contributed by atoms with van der Waals surface area (Å²) in [5.74, 6) is -0.343. The van der Waals surface area contributed by atoms with Crippen LogP contribution in [0.2, 0.25) is 0 Å². The Morgan fingerprint density at radius 3 is 2.78 bits per heavy atom. The number of aromatic amines is 1. The molecule has 0 unspecified atom stereocenters. The maximum Gasteiger partial charge on any atom is 0.263 e. The minimum absolute atomic E-state index is 0.122. The molecule has 0 aliphatic heterocycles. The molecule has 0 saturated heterocycles. The Morgan fingerprint density at radius 2 is 2.00 bits per heavy atom. The summed E-state index contributed by atoms with van der Waals surface area (Å²) in [6.07, 6.45) is 5.13. The number of H-pyrrole nitrogens is 1. The van der Waals surface area contributed by atoms with Crippen LogP contribution in [-0.2, 0) is 13.0 Å². The Balaban J connectivity index is 1.42. The molecule has 0 spiro atoms. The second kappa shape index (κ2) is 9.83. The summed E-state index contributed by atoms with van der Waals surface area (Å²) in [5.41, 5.74) is 2.47. The van der Waals surface area contributed by atoms with Crippen LogP contribution in [0.1, 0.15) is 15.9 Å². The van der Waals surface area contributed by atoms with Gasteiger partial charge in [-0.05, 0) is 42.3 Å². The quantitative estimate of drug-likeness (QED) is 0.357. The topological polar surface area (TPSA) is 102 Å². The number of nitrogens with one attached hydrogen (secondary N) is 2. The lowest BCUT2D eigenvalue weighted by atomic mass is 10.1. The third kappa shape index (κ3) is 4.46. The molecule has 0 aliphatic rings. The zero-order chi connectivity index (χ0) is 25.1. The number of carbonyl (C=O) groups excluding carboxylic acids is 1.